The number of hydrogen-bond acceptors (Lipinski definition) is 0. The molecule has 0 N–H and O–H groups in total. The van der Waals surface area contributed by atoms with Crippen LogP contribution >= 0.6 is 0 Å². The van der Waals surface area contributed by atoms with Gasteiger partial charge in [0.15, 0.2) is 0 Å². The molecule has 0 fully saturated rings. The summed E-state index contributed by atoms with van der Waals surface area (Å²) in [5.41, 5.74) is 4.86. The van der Waals surface area contributed by atoms with E-state index < -0.39 is 0 Å². The number of hydrogen-bond donors (Lipinski definition) is 0. The molecule has 0 nitrogen and oxygen atoms in total. The van der Waals surface area contributed by atoms with E-state index in [-0.39, 0.29) is 66.2 Å². The van der Waals surface area contributed by atoms with E-state index >= 15 is 0 Å². The molecule has 0 spiro atoms. The van der Waals surface area contributed by atoms with Gasteiger partial charge < -0.3 is 0 Å². The van der Waals surface area contributed by atoms with Crippen LogP contribution in [0.25, 0.3) is 0 Å². The summed E-state index contributed by atoms with van der Waals surface area (Å²) in [6, 6.07) is 14.6. The predicted molar refractivity (Wildman–Crippen MR) is 125 cm³/mol. The van der Waals surface area contributed by atoms with Crippen molar-refractivity contribution in [1.82, 2.24) is 0 Å². The molecule has 0 heterocycles. The van der Waals surface area contributed by atoms with Gasteiger partial charge in [0, 0.05) is 42.1 Å². The first-order valence-electron chi connectivity index (χ1n) is 10.1. The Morgan fingerprint density at radius 2 is 1.03 bits per heavy atom. The van der Waals surface area contributed by atoms with E-state index in [1.807, 2.05) is 32.9 Å². The fourth-order valence-electron chi connectivity index (χ4n) is 2.87. The van der Waals surface area contributed by atoms with E-state index in [1.165, 1.54) is 11.1 Å². The van der Waals surface area contributed by atoms with Gasteiger partial charge in [0.1, 0.15) is 5.82 Å². The van der Waals surface area contributed by atoms with Gasteiger partial charge in [-0.3, -0.25) is 0 Å². The van der Waals surface area contributed by atoms with Crippen LogP contribution in [0.3, 0.4) is 0 Å². The van der Waals surface area contributed by atoms with E-state index in [2.05, 4.69) is 72.7 Å². The monoisotopic (exact) mass is 754 g/mol. The Morgan fingerprint density at radius 1 is 0.633 bits per heavy atom. The van der Waals surface area contributed by atoms with Gasteiger partial charge >= 0.3 is 0 Å². The zero-order chi connectivity index (χ0) is 21.0. The van der Waals surface area contributed by atoms with Crippen molar-refractivity contribution >= 4 is 0 Å². The first-order chi connectivity index (χ1) is 12.2. The molecule has 0 aliphatic heterocycles. The van der Waals surface area contributed by atoms with E-state index in [1.54, 1.807) is 6.07 Å². The van der Waals surface area contributed by atoms with Gasteiger partial charge in [-0.05, 0) is 51.0 Å². The van der Waals surface area contributed by atoms with Crippen LogP contribution in [0.4, 0.5) is 4.39 Å². The third kappa shape index (κ3) is 10.9. The third-order valence-corrected chi connectivity index (χ3v) is 4.91. The topological polar surface area (TPSA) is 0 Å². The largest absolute Gasteiger partial charge is 0.207 e. The summed E-state index contributed by atoms with van der Waals surface area (Å²) in [5.74, 6) is 0.941. The molecule has 0 aliphatic rings. The normalized spacial score (nSPS) is 11.0. The quantitative estimate of drug-likeness (QED) is 0.288. The van der Waals surface area contributed by atoms with Crippen LogP contribution in [-0.4, -0.2) is 0 Å². The maximum Gasteiger partial charge on any atom is 0.127 e. The van der Waals surface area contributed by atoms with Crippen LogP contribution < -0.4 is 0 Å². The Kier molecular flexibility index (Phi) is 16.0. The molecule has 0 bridgehead atoms. The van der Waals surface area contributed by atoms with Crippen LogP contribution in [0, 0.1) is 5.82 Å². The second-order valence-electron chi connectivity index (χ2n) is 10.2. The van der Waals surface area contributed by atoms with Crippen LogP contribution in [0.1, 0.15) is 111 Å². The molecule has 3 heteroatoms. The van der Waals surface area contributed by atoms with Crippen LogP contribution in [0.2, 0.25) is 0 Å². The molecule has 0 saturated heterocycles. The molecule has 2 rings (SSSR count). The van der Waals surface area contributed by atoms with E-state index in [9.17, 15) is 4.39 Å². The van der Waals surface area contributed by atoms with Crippen LogP contribution in [0.5, 0.6) is 0 Å². The first kappa shape index (κ1) is 34.4. The Balaban J connectivity index is -0.000000443. The Labute approximate surface area is 215 Å². The summed E-state index contributed by atoms with van der Waals surface area (Å²) in [7, 11) is 0. The maximum absolute atomic E-state index is 13.7. The van der Waals surface area contributed by atoms with E-state index in [0.29, 0.717) is 11.8 Å². The summed E-state index contributed by atoms with van der Waals surface area (Å²) in [4.78, 5) is 0. The van der Waals surface area contributed by atoms with Crippen molar-refractivity contribution in [2.45, 2.75) is 99.3 Å². The first-order valence-corrected chi connectivity index (χ1v) is 10.1. The summed E-state index contributed by atoms with van der Waals surface area (Å²) in [5, 5.41) is 0. The number of halogens is 1. The van der Waals surface area contributed by atoms with Gasteiger partial charge in [-0.15, -0.1) is 0 Å². The Hall–Kier alpha value is -0.253. The second kappa shape index (κ2) is 14.0. The molecule has 2 aromatic carbocycles. The van der Waals surface area contributed by atoms with E-state index in [4.69, 9.17) is 0 Å². The average molecular weight is 754 g/mol. The molecule has 0 aromatic heterocycles. The van der Waals surface area contributed by atoms with Gasteiger partial charge in [0.2, 0.25) is 0 Å². The zero-order valence-corrected chi connectivity index (χ0v) is 25.8. The van der Waals surface area contributed by atoms with Gasteiger partial charge in [0.25, 0.3) is 0 Å². The molecule has 0 saturated carbocycles. The van der Waals surface area contributed by atoms with Crippen molar-refractivity contribution in [1.29, 1.82) is 0 Å². The zero-order valence-electron chi connectivity index (χ0n) is 19.9. The molecular formula is C27H43FW2. The SMILES string of the molecule is C.CC(C)c1ccc(C(C)(C)C)c(F)c1.CC(C)c1ccc(C(C)(C)C)cc1.[W].[W]. The number of rotatable bonds is 2. The van der Waals surface area contributed by atoms with E-state index in [0.717, 1.165) is 11.1 Å². The van der Waals surface area contributed by atoms with Crippen LogP contribution in [-0.2, 0) is 53.0 Å². The van der Waals surface area contributed by atoms with Crippen molar-refractivity contribution in [2.24, 2.45) is 0 Å². The van der Waals surface area contributed by atoms with Gasteiger partial charge in [-0.1, -0.05) is 113 Å². The predicted octanol–water partition coefficient (Wildman–Crippen LogP) is 8.99. The van der Waals surface area contributed by atoms with Crippen molar-refractivity contribution < 1.29 is 46.5 Å². The maximum atomic E-state index is 13.7. The fraction of sp³-hybridized carbons (Fsp3) is 0.556. The summed E-state index contributed by atoms with van der Waals surface area (Å²) in [6.45, 7) is 21.4. The minimum Gasteiger partial charge on any atom is -0.207 e. The minimum atomic E-state index is -0.112. The van der Waals surface area contributed by atoms with Crippen molar-refractivity contribution in [3.63, 3.8) is 0 Å². The summed E-state index contributed by atoms with van der Waals surface area (Å²) < 4.78 is 13.7. The standard InChI is InChI=1S/C13H19F.C13H20.CH4.2W/c1-9(2)10-6-7-11(12(14)8-10)13(3,4)5;1-10(2)11-6-8-12(9-7-11)13(3,4)5;;;/h6-9H,1-5H3;6-10H,1-5H3;1H4;;. The molecular weight excluding hydrogens is 711 g/mol. The molecule has 30 heavy (non-hydrogen) atoms. The number of benzene rings is 2. The van der Waals surface area contributed by atoms with Gasteiger partial charge in [-0.25, -0.2) is 4.39 Å². The molecule has 0 amide bonds. The summed E-state index contributed by atoms with van der Waals surface area (Å²) >= 11 is 0. The fourth-order valence-corrected chi connectivity index (χ4v) is 2.87. The molecule has 170 valence electrons. The Bertz CT molecular complexity index is 718. The second-order valence-corrected chi connectivity index (χ2v) is 10.2. The van der Waals surface area contributed by atoms with Gasteiger partial charge in [-0.2, -0.15) is 0 Å². The smallest absolute Gasteiger partial charge is 0.127 e. The Morgan fingerprint density at radius 3 is 1.33 bits per heavy atom. The molecule has 0 unspecified atom stereocenters. The third-order valence-electron chi connectivity index (χ3n) is 4.91. The van der Waals surface area contributed by atoms with Crippen molar-refractivity contribution in [3.8, 4) is 0 Å². The molecule has 0 aliphatic carbocycles. The van der Waals surface area contributed by atoms with Crippen molar-refractivity contribution in [2.75, 3.05) is 0 Å². The van der Waals surface area contributed by atoms with Crippen LogP contribution in [0.15, 0.2) is 42.5 Å². The average Bonchev–Trinajstić information content (AvgIpc) is 2.53. The molecule has 0 radical (unpaired) electrons. The van der Waals surface area contributed by atoms with Crippen molar-refractivity contribution in [3.05, 3.63) is 70.5 Å². The molecule has 2 aromatic rings. The summed E-state index contributed by atoms with van der Waals surface area (Å²) in [6.07, 6.45) is 0. The molecule has 0 atom stereocenters. The van der Waals surface area contributed by atoms with Gasteiger partial charge in [0.05, 0.1) is 0 Å². The minimum absolute atomic E-state index is 0.